The van der Waals surface area contributed by atoms with E-state index in [0.29, 0.717) is 32.8 Å². The van der Waals surface area contributed by atoms with E-state index in [9.17, 15) is 14.0 Å². The highest BCUT2D eigenvalue weighted by Gasteiger charge is 2.35. The summed E-state index contributed by atoms with van der Waals surface area (Å²) in [5, 5.41) is 0. The van der Waals surface area contributed by atoms with Crippen molar-refractivity contribution in [3.63, 3.8) is 0 Å². The van der Waals surface area contributed by atoms with Crippen LogP contribution in [-0.2, 0) is 9.53 Å². The molecule has 0 unspecified atom stereocenters. The second-order valence-corrected chi connectivity index (χ2v) is 9.49. The summed E-state index contributed by atoms with van der Waals surface area (Å²) >= 11 is 1.23. The third-order valence-electron chi connectivity index (χ3n) is 6.05. The van der Waals surface area contributed by atoms with E-state index in [2.05, 4.69) is 0 Å². The minimum Gasteiger partial charge on any atom is -0.494 e. The van der Waals surface area contributed by atoms with Crippen molar-refractivity contribution in [1.29, 1.82) is 0 Å². The third kappa shape index (κ3) is 4.95. The largest absolute Gasteiger partial charge is 0.494 e. The molecule has 1 aromatic heterocycles. The second kappa shape index (κ2) is 11.0. The first-order chi connectivity index (χ1) is 18.5. The van der Waals surface area contributed by atoms with Crippen molar-refractivity contribution in [2.45, 2.75) is 19.9 Å². The highest BCUT2D eigenvalue weighted by Crippen LogP contribution is 2.35. The zero-order chi connectivity index (χ0) is 26.6. The Kier molecular flexibility index (Phi) is 7.33. The minimum atomic E-state index is -0.844. The fourth-order valence-electron chi connectivity index (χ4n) is 4.38. The van der Waals surface area contributed by atoms with Gasteiger partial charge in [0.2, 0.25) is 0 Å². The Morgan fingerprint density at radius 3 is 2.37 bits per heavy atom. The Labute approximate surface area is 222 Å². The van der Waals surface area contributed by atoms with Gasteiger partial charge in [-0.25, -0.2) is 14.2 Å². The van der Waals surface area contributed by atoms with Gasteiger partial charge in [-0.3, -0.25) is 9.36 Å². The summed E-state index contributed by atoms with van der Waals surface area (Å²) in [5.74, 6) is -0.249. The van der Waals surface area contributed by atoms with Gasteiger partial charge in [0.05, 0.1) is 35.1 Å². The molecule has 1 atom stereocenters. The normalized spacial score (nSPS) is 15.1. The molecular weight excluding hydrogens is 503 g/mol. The zero-order valence-corrected chi connectivity index (χ0v) is 21.7. The second-order valence-electron chi connectivity index (χ2n) is 8.49. The lowest BCUT2D eigenvalue weighted by atomic mass is 9.93. The number of aromatic nitrogens is 1. The molecule has 3 aromatic carbocycles. The molecule has 0 spiro atoms. The topological polar surface area (TPSA) is 69.9 Å². The number of fused-ring (bicyclic) bond motifs is 1. The van der Waals surface area contributed by atoms with E-state index < -0.39 is 17.8 Å². The van der Waals surface area contributed by atoms with E-state index in [-0.39, 0.29) is 17.7 Å². The highest BCUT2D eigenvalue weighted by molar-refractivity contribution is 7.07. The molecule has 38 heavy (non-hydrogen) atoms. The molecule has 0 bridgehead atoms. The van der Waals surface area contributed by atoms with Crippen LogP contribution in [0.15, 0.2) is 94.2 Å². The van der Waals surface area contributed by atoms with Gasteiger partial charge < -0.3 is 9.47 Å². The number of carbonyl (C=O) groups excluding carboxylic acids is 1. The van der Waals surface area contributed by atoms with E-state index >= 15 is 0 Å². The van der Waals surface area contributed by atoms with Gasteiger partial charge in [0.15, 0.2) is 4.80 Å². The molecule has 1 aliphatic heterocycles. The summed E-state index contributed by atoms with van der Waals surface area (Å²) in [5.41, 5.74) is 2.46. The maximum atomic E-state index is 13.9. The Morgan fingerprint density at radius 1 is 1.00 bits per heavy atom. The molecule has 0 saturated carbocycles. The molecule has 0 radical (unpaired) electrons. The van der Waals surface area contributed by atoms with Crippen LogP contribution in [0.5, 0.6) is 5.75 Å². The molecule has 8 heteroatoms. The van der Waals surface area contributed by atoms with Gasteiger partial charge in [0, 0.05) is 5.56 Å². The van der Waals surface area contributed by atoms with Crippen LogP contribution in [0.25, 0.3) is 11.8 Å². The van der Waals surface area contributed by atoms with Gasteiger partial charge in [0.1, 0.15) is 11.6 Å². The van der Waals surface area contributed by atoms with Crippen LogP contribution >= 0.6 is 11.3 Å². The van der Waals surface area contributed by atoms with E-state index in [1.54, 1.807) is 25.1 Å². The van der Waals surface area contributed by atoms with Gasteiger partial charge >= 0.3 is 5.97 Å². The maximum Gasteiger partial charge on any atom is 0.338 e. The van der Waals surface area contributed by atoms with E-state index in [1.165, 1.54) is 28.0 Å². The van der Waals surface area contributed by atoms with Crippen molar-refractivity contribution < 1.29 is 18.7 Å². The third-order valence-corrected chi connectivity index (χ3v) is 7.03. The molecule has 192 valence electrons. The van der Waals surface area contributed by atoms with Crippen molar-refractivity contribution in [2.24, 2.45) is 4.99 Å². The first-order valence-electron chi connectivity index (χ1n) is 12.3. The van der Waals surface area contributed by atoms with E-state index in [0.717, 1.165) is 11.3 Å². The predicted octanol–water partition coefficient (Wildman–Crippen LogP) is 4.47. The molecule has 6 nitrogen and oxygen atoms in total. The number of thiazole rings is 1. The SMILES string of the molecule is CCOC(=O)C1=C(c2ccccc2)N=c2s/c(=C\c3ccc(OCC)cc3)c(=O)n2[C@@H]1c1ccc(F)cc1. The van der Waals surface area contributed by atoms with Crippen LogP contribution in [-0.4, -0.2) is 23.8 Å². The van der Waals surface area contributed by atoms with E-state index in [4.69, 9.17) is 14.5 Å². The van der Waals surface area contributed by atoms with Crippen LogP contribution in [0.4, 0.5) is 4.39 Å². The monoisotopic (exact) mass is 528 g/mol. The first kappa shape index (κ1) is 25.4. The summed E-state index contributed by atoms with van der Waals surface area (Å²) in [6.45, 7) is 4.36. The van der Waals surface area contributed by atoms with Crippen LogP contribution in [0, 0.1) is 5.82 Å². The highest BCUT2D eigenvalue weighted by atomic mass is 32.1. The lowest BCUT2D eigenvalue weighted by Crippen LogP contribution is -2.40. The number of benzene rings is 3. The summed E-state index contributed by atoms with van der Waals surface area (Å²) in [7, 11) is 0. The molecule has 0 aliphatic carbocycles. The van der Waals surface area contributed by atoms with Gasteiger partial charge in [-0.2, -0.15) is 0 Å². The molecule has 1 aliphatic rings. The van der Waals surface area contributed by atoms with Crippen LogP contribution in [0.2, 0.25) is 0 Å². The van der Waals surface area contributed by atoms with Gasteiger partial charge in [0.25, 0.3) is 5.56 Å². The first-order valence-corrected chi connectivity index (χ1v) is 13.1. The maximum absolute atomic E-state index is 13.9. The van der Waals surface area contributed by atoms with Crippen LogP contribution in [0.3, 0.4) is 0 Å². The van der Waals surface area contributed by atoms with Crippen molar-refractivity contribution in [3.05, 3.63) is 127 Å². The zero-order valence-electron chi connectivity index (χ0n) is 20.9. The summed E-state index contributed by atoms with van der Waals surface area (Å²) in [6.07, 6.45) is 1.79. The molecule has 2 heterocycles. The summed E-state index contributed by atoms with van der Waals surface area (Å²) < 4.78 is 26.8. The van der Waals surface area contributed by atoms with Gasteiger partial charge in [-0.1, -0.05) is 65.9 Å². The quantitative estimate of drug-likeness (QED) is 0.332. The van der Waals surface area contributed by atoms with Crippen molar-refractivity contribution in [3.8, 4) is 5.75 Å². The number of ether oxygens (including phenoxy) is 2. The molecule has 0 amide bonds. The predicted molar refractivity (Wildman–Crippen MR) is 145 cm³/mol. The number of halogens is 1. The lowest BCUT2D eigenvalue weighted by molar-refractivity contribution is -0.138. The number of esters is 1. The molecule has 0 fully saturated rings. The number of hydrogen-bond donors (Lipinski definition) is 0. The fraction of sp³-hybridized carbons (Fsp3) is 0.167. The summed E-state index contributed by atoms with van der Waals surface area (Å²) in [4.78, 5) is 32.4. The van der Waals surface area contributed by atoms with Crippen LogP contribution in [0.1, 0.15) is 36.6 Å². The molecule has 4 aromatic rings. The molecule has 0 N–H and O–H groups in total. The number of nitrogens with zero attached hydrogens (tertiary/aromatic N) is 2. The van der Waals surface area contributed by atoms with E-state index in [1.807, 2.05) is 61.5 Å². The standard InChI is InChI=1S/C30H25FN2O4S/c1-3-36-23-16-10-19(11-17-23)18-24-28(34)33-27(21-12-14-22(31)15-13-21)25(29(35)37-4-2)26(32-30(33)38-24)20-8-6-5-7-9-20/h5-18,27H,3-4H2,1-2H3/b24-18-/t27-/m1/s1. The summed E-state index contributed by atoms with van der Waals surface area (Å²) in [6, 6.07) is 21.7. The average Bonchev–Trinajstić information content (AvgIpc) is 3.24. The van der Waals surface area contributed by atoms with Gasteiger partial charge in [-0.15, -0.1) is 0 Å². The molecule has 0 saturated heterocycles. The Hall–Kier alpha value is -4.30. The van der Waals surface area contributed by atoms with Gasteiger partial charge in [-0.05, 0) is 55.3 Å². The molecule has 5 rings (SSSR count). The smallest absolute Gasteiger partial charge is 0.338 e. The Bertz CT molecular complexity index is 1670. The van der Waals surface area contributed by atoms with Crippen molar-refractivity contribution >= 4 is 29.1 Å². The van der Waals surface area contributed by atoms with Crippen molar-refractivity contribution in [1.82, 2.24) is 4.57 Å². The number of hydrogen-bond acceptors (Lipinski definition) is 6. The Balaban J connectivity index is 1.76. The van der Waals surface area contributed by atoms with Crippen molar-refractivity contribution in [2.75, 3.05) is 13.2 Å². The average molecular weight is 529 g/mol. The lowest BCUT2D eigenvalue weighted by Gasteiger charge is -2.25. The Morgan fingerprint density at radius 2 is 1.71 bits per heavy atom. The molecular formula is C30H25FN2O4S. The van der Waals surface area contributed by atoms with Crippen LogP contribution < -0.4 is 19.6 Å². The minimum absolute atomic E-state index is 0.155. The number of carbonyl (C=O) groups is 1. The number of rotatable bonds is 7. The fourth-order valence-corrected chi connectivity index (χ4v) is 5.38.